The van der Waals surface area contributed by atoms with Gasteiger partial charge in [-0.2, -0.15) is 4.31 Å². The van der Waals surface area contributed by atoms with Crippen LogP contribution in [0.1, 0.15) is 35.1 Å². The Morgan fingerprint density at radius 3 is 2.43 bits per heavy atom. The third kappa shape index (κ3) is 3.80. The molecule has 5 nitrogen and oxygen atoms in total. The number of esters is 1. The molecule has 0 aliphatic rings. The molecule has 0 N–H and O–H groups in total. The Kier molecular flexibility index (Phi) is 5.56. The maximum Gasteiger partial charge on any atom is 0.338 e. The number of thiophene rings is 1. The molecule has 23 heavy (non-hydrogen) atoms. The van der Waals surface area contributed by atoms with Crippen molar-refractivity contribution < 1.29 is 17.9 Å². The standard InChI is InChI=1S/C16H19NO4S2/c1-4-21-16(18)13-7-9-14(10-8-13)23(19,20)17(3)12(2)15-6-5-11-22-15/h5-12H,4H2,1-3H3. The van der Waals surface area contributed by atoms with Crippen molar-refractivity contribution in [1.29, 1.82) is 0 Å². The minimum absolute atomic E-state index is 0.149. The summed E-state index contributed by atoms with van der Waals surface area (Å²) in [5.74, 6) is -0.461. The van der Waals surface area contributed by atoms with Gasteiger partial charge >= 0.3 is 5.97 Å². The van der Waals surface area contributed by atoms with Crippen molar-refractivity contribution in [1.82, 2.24) is 4.31 Å². The third-order valence-electron chi connectivity index (χ3n) is 3.54. The lowest BCUT2D eigenvalue weighted by atomic mass is 10.2. The van der Waals surface area contributed by atoms with Gasteiger partial charge in [0.2, 0.25) is 10.0 Å². The van der Waals surface area contributed by atoms with Crippen LogP contribution in [0.5, 0.6) is 0 Å². The molecule has 0 aliphatic carbocycles. The van der Waals surface area contributed by atoms with Crippen molar-refractivity contribution in [2.45, 2.75) is 24.8 Å². The summed E-state index contributed by atoms with van der Waals surface area (Å²) in [6.07, 6.45) is 0. The second kappa shape index (κ2) is 7.25. The Balaban J connectivity index is 2.24. The van der Waals surface area contributed by atoms with Crippen LogP contribution in [-0.4, -0.2) is 32.3 Å². The molecule has 1 heterocycles. The van der Waals surface area contributed by atoms with E-state index in [-0.39, 0.29) is 17.5 Å². The summed E-state index contributed by atoms with van der Waals surface area (Å²) in [4.78, 5) is 12.7. The first-order chi connectivity index (χ1) is 10.9. The SMILES string of the molecule is CCOC(=O)c1ccc(S(=O)(=O)N(C)C(C)c2cccs2)cc1. The molecule has 1 atom stereocenters. The van der Waals surface area contributed by atoms with Crippen LogP contribution >= 0.6 is 11.3 Å². The van der Waals surface area contributed by atoms with Gasteiger partial charge in [-0.15, -0.1) is 11.3 Å². The third-order valence-corrected chi connectivity index (χ3v) is 6.53. The molecule has 1 aromatic carbocycles. The molecule has 1 unspecified atom stereocenters. The first-order valence-corrected chi connectivity index (χ1v) is 9.48. The topological polar surface area (TPSA) is 63.7 Å². The second-order valence-corrected chi connectivity index (χ2v) is 7.93. The van der Waals surface area contributed by atoms with Gasteiger partial charge in [0.1, 0.15) is 0 Å². The van der Waals surface area contributed by atoms with E-state index in [0.29, 0.717) is 5.56 Å². The van der Waals surface area contributed by atoms with Crippen molar-refractivity contribution in [2.75, 3.05) is 13.7 Å². The van der Waals surface area contributed by atoms with Crippen molar-refractivity contribution in [3.8, 4) is 0 Å². The molecule has 2 aromatic rings. The summed E-state index contributed by atoms with van der Waals surface area (Å²) in [5.41, 5.74) is 0.333. The predicted molar refractivity (Wildman–Crippen MR) is 90.1 cm³/mol. The monoisotopic (exact) mass is 353 g/mol. The molecule has 124 valence electrons. The van der Waals surface area contributed by atoms with Crippen molar-refractivity contribution in [2.24, 2.45) is 0 Å². The van der Waals surface area contributed by atoms with Gasteiger partial charge in [0.05, 0.1) is 23.1 Å². The highest BCUT2D eigenvalue weighted by molar-refractivity contribution is 7.89. The summed E-state index contributed by atoms with van der Waals surface area (Å²) < 4.78 is 31.6. The average molecular weight is 353 g/mol. The van der Waals surface area contributed by atoms with Gasteiger partial charge in [0.25, 0.3) is 0 Å². The van der Waals surface area contributed by atoms with Crippen LogP contribution in [-0.2, 0) is 14.8 Å². The van der Waals surface area contributed by atoms with Crippen LogP contribution in [0.2, 0.25) is 0 Å². The predicted octanol–water partition coefficient (Wildman–Crippen LogP) is 3.31. The van der Waals surface area contributed by atoms with Gasteiger partial charge in [-0.25, -0.2) is 13.2 Å². The molecule has 0 aliphatic heterocycles. The Hall–Kier alpha value is -1.70. The van der Waals surface area contributed by atoms with Crippen LogP contribution in [0, 0.1) is 0 Å². The van der Waals surface area contributed by atoms with Crippen molar-refractivity contribution in [3.05, 3.63) is 52.2 Å². The minimum atomic E-state index is -3.63. The molecular weight excluding hydrogens is 334 g/mol. The molecule has 7 heteroatoms. The lowest BCUT2D eigenvalue weighted by Gasteiger charge is -2.23. The summed E-state index contributed by atoms with van der Waals surface area (Å²) in [5, 5.41) is 1.92. The highest BCUT2D eigenvalue weighted by Gasteiger charge is 2.27. The molecule has 2 rings (SSSR count). The summed E-state index contributed by atoms with van der Waals surface area (Å²) >= 11 is 1.52. The zero-order valence-electron chi connectivity index (χ0n) is 13.2. The normalized spacial score (nSPS) is 13.0. The van der Waals surface area contributed by atoms with Crippen LogP contribution in [0.3, 0.4) is 0 Å². The highest BCUT2D eigenvalue weighted by Crippen LogP contribution is 2.28. The number of ether oxygens (including phenoxy) is 1. The lowest BCUT2D eigenvalue weighted by Crippen LogP contribution is -2.29. The van der Waals surface area contributed by atoms with Crippen molar-refractivity contribution >= 4 is 27.3 Å². The zero-order valence-corrected chi connectivity index (χ0v) is 14.9. The fourth-order valence-electron chi connectivity index (χ4n) is 2.06. The molecule has 0 saturated heterocycles. The maximum absolute atomic E-state index is 12.7. The van der Waals surface area contributed by atoms with Gasteiger partial charge in [-0.05, 0) is 49.6 Å². The van der Waals surface area contributed by atoms with Gasteiger partial charge in [0.15, 0.2) is 0 Å². The Morgan fingerprint density at radius 2 is 1.91 bits per heavy atom. The summed E-state index contributed by atoms with van der Waals surface area (Å²) in [6, 6.07) is 9.34. The van der Waals surface area contributed by atoms with Gasteiger partial charge in [0, 0.05) is 11.9 Å². The first kappa shape index (κ1) is 17.7. The quantitative estimate of drug-likeness (QED) is 0.748. The fraction of sp³-hybridized carbons (Fsp3) is 0.312. The van der Waals surface area contributed by atoms with E-state index in [1.165, 1.54) is 39.9 Å². The van der Waals surface area contributed by atoms with E-state index < -0.39 is 16.0 Å². The largest absolute Gasteiger partial charge is 0.462 e. The number of carbonyl (C=O) groups excluding carboxylic acids is 1. The first-order valence-electron chi connectivity index (χ1n) is 7.16. The maximum atomic E-state index is 12.7. The fourth-order valence-corrected chi connectivity index (χ4v) is 4.30. The van der Waals surface area contributed by atoms with Crippen molar-refractivity contribution in [3.63, 3.8) is 0 Å². The molecule has 0 amide bonds. The number of carbonyl (C=O) groups is 1. The molecule has 0 fully saturated rings. The second-order valence-electron chi connectivity index (χ2n) is 4.96. The van der Waals surface area contributed by atoms with Crippen LogP contribution in [0.25, 0.3) is 0 Å². The van der Waals surface area contributed by atoms with Gasteiger partial charge < -0.3 is 4.74 Å². The molecule has 0 radical (unpaired) electrons. The van der Waals surface area contributed by atoms with Crippen LogP contribution in [0.4, 0.5) is 0 Å². The van der Waals surface area contributed by atoms with E-state index in [1.807, 2.05) is 24.4 Å². The van der Waals surface area contributed by atoms with Crippen LogP contribution in [0.15, 0.2) is 46.7 Å². The highest BCUT2D eigenvalue weighted by atomic mass is 32.2. The Morgan fingerprint density at radius 1 is 1.26 bits per heavy atom. The molecular formula is C16H19NO4S2. The smallest absolute Gasteiger partial charge is 0.338 e. The number of nitrogens with zero attached hydrogens (tertiary/aromatic N) is 1. The van der Waals surface area contributed by atoms with E-state index in [0.717, 1.165) is 4.88 Å². The molecule has 0 saturated carbocycles. The molecule has 1 aromatic heterocycles. The van der Waals surface area contributed by atoms with Gasteiger partial charge in [-0.1, -0.05) is 6.07 Å². The van der Waals surface area contributed by atoms with E-state index in [9.17, 15) is 13.2 Å². The Bertz CT molecular complexity index is 752. The van der Waals surface area contributed by atoms with E-state index >= 15 is 0 Å². The number of hydrogen-bond acceptors (Lipinski definition) is 5. The molecule has 0 bridgehead atoms. The van der Waals surface area contributed by atoms with E-state index in [2.05, 4.69) is 0 Å². The number of rotatable bonds is 6. The van der Waals surface area contributed by atoms with E-state index in [4.69, 9.17) is 4.74 Å². The number of sulfonamides is 1. The van der Waals surface area contributed by atoms with Gasteiger partial charge in [-0.3, -0.25) is 0 Å². The van der Waals surface area contributed by atoms with E-state index in [1.54, 1.807) is 14.0 Å². The molecule has 0 spiro atoms. The summed E-state index contributed by atoms with van der Waals surface area (Å²) in [7, 11) is -2.08. The minimum Gasteiger partial charge on any atom is -0.462 e. The average Bonchev–Trinajstić information content (AvgIpc) is 3.08. The number of benzene rings is 1. The Labute approximate surface area is 140 Å². The number of hydrogen-bond donors (Lipinski definition) is 0. The van der Waals surface area contributed by atoms with Crippen LogP contribution < -0.4 is 0 Å². The summed E-state index contributed by atoms with van der Waals surface area (Å²) in [6.45, 7) is 3.84. The lowest BCUT2D eigenvalue weighted by molar-refractivity contribution is 0.0526. The zero-order chi connectivity index (χ0) is 17.0.